The predicted octanol–water partition coefficient (Wildman–Crippen LogP) is 0.901. The normalized spacial score (nSPS) is 18.3. The molecule has 2 N–H and O–H groups in total. The number of hydrogen-bond acceptors (Lipinski definition) is 5. The maximum absolute atomic E-state index is 12.5. The van der Waals surface area contributed by atoms with E-state index >= 15 is 0 Å². The van der Waals surface area contributed by atoms with Gasteiger partial charge in [0, 0.05) is 32.7 Å². The molecule has 142 valence electrons. The van der Waals surface area contributed by atoms with Crippen LogP contribution in [-0.2, 0) is 16.6 Å². The van der Waals surface area contributed by atoms with E-state index in [0.29, 0.717) is 41.9 Å². The van der Waals surface area contributed by atoms with E-state index in [2.05, 4.69) is 20.8 Å². The number of aliphatic imine (C=N–C) groups is 1. The number of nitrogens with zero attached hydrogens (tertiary/aromatic N) is 3. The van der Waals surface area contributed by atoms with E-state index < -0.39 is 15.5 Å². The van der Waals surface area contributed by atoms with E-state index in [-0.39, 0.29) is 19.0 Å². The first-order chi connectivity index (χ1) is 11.7. The van der Waals surface area contributed by atoms with Crippen molar-refractivity contribution in [3.05, 3.63) is 18.0 Å². The third kappa shape index (κ3) is 5.08. The van der Waals surface area contributed by atoms with Crippen LogP contribution in [0.4, 0.5) is 13.2 Å². The second-order valence-corrected chi connectivity index (χ2v) is 7.52. The van der Waals surface area contributed by atoms with Crippen LogP contribution in [0.2, 0.25) is 0 Å². The lowest BCUT2D eigenvalue weighted by Gasteiger charge is -2.31. The molecule has 0 unspecified atom stereocenters. The first kappa shape index (κ1) is 19.5. The number of guanidine groups is 1. The summed E-state index contributed by atoms with van der Waals surface area (Å²) in [6, 6.07) is 1.71. The molecule has 1 aromatic heterocycles. The van der Waals surface area contributed by atoms with Gasteiger partial charge in [-0.1, -0.05) is 5.16 Å². The minimum Gasteiger partial charge on any atom is -0.364 e. The van der Waals surface area contributed by atoms with E-state index in [0.717, 1.165) is 0 Å². The second-order valence-electron chi connectivity index (χ2n) is 5.59. The molecule has 1 aromatic rings. The van der Waals surface area contributed by atoms with Gasteiger partial charge in [0.05, 0.1) is 6.54 Å². The third-order valence-electron chi connectivity index (χ3n) is 3.92. The van der Waals surface area contributed by atoms with Crippen LogP contribution in [0.1, 0.15) is 18.5 Å². The van der Waals surface area contributed by atoms with Crippen LogP contribution in [0, 0.1) is 5.92 Å². The summed E-state index contributed by atoms with van der Waals surface area (Å²) in [5.74, 6) is 0.582. The van der Waals surface area contributed by atoms with Crippen molar-refractivity contribution < 1.29 is 26.1 Å². The van der Waals surface area contributed by atoms with Gasteiger partial charge in [0.2, 0.25) is 0 Å². The monoisotopic (exact) mass is 383 g/mol. The van der Waals surface area contributed by atoms with Crippen LogP contribution < -0.4 is 10.6 Å². The van der Waals surface area contributed by atoms with Crippen LogP contribution in [0.3, 0.4) is 0 Å². The molecule has 0 aromatic carbocycles. The lowest BCUT2D eigenvalue weighted by Crippen LogP contribution is -2.47. The van der Waals surface area contributed by atoms with Crippen LogP contribution in [0.25, 0.3) is 0 Å². The molecule has 2 heterocycles. The van der Waals surface area contributed by atoms with Crippen molar-refractivity contribution in [1.82, 2.24) is 20.1 Å². The molecule has 0 spiro atoms. The van der Waals surface area contributed by atoms with Crippen LogP contribution in [0.15, 0.2) is 21.8 Å². The molecule has 1 aliphatic rings. The largest absolute Gasteiger partial charge is 0.511 e. The zero-order valence-corrected chi connectivity index (χ0v) is 14.4. The van der Waals surface area contributed by atoms with Gasteiger partial charge in [0.25, 0.3) is 0 Å². The first-order valence-electron chi connectivity index (χ1n) is 7.64. The summed E-state index contributed by atoms with van der Waals surface area (Å²) < 4.78 is 65.6. The molecule has 0 saturated carbocycles. The molecule has 0 bridgehead atoms. The lowest BCUT2D eigenvalue weighted by atomic mass is 9.98. The number of nitrogens with one attached hydrogen (secondary N) is 2. The Morgan fingerprint density at radius 3 is 2.60 bits per heavy atom. The maximum atomic E-state index is 12.5. The number of piperidine rings is 1. The average Bonchev–Trinajstić information content (AvgIpc) is 3.08. The van der Waals surface area contributed by atoms with Gasteiger partial charge in [0.1, 0.15) is 12.0 Å². The number of hydrogen-bond donors (Lipinski definition) is 2. The SMILES string of the molecule is CN=C(NCc1ccon1)NCC1CCN(S(=O)(=O)C(F)(F)F)CC1. The maximum Gasteiger partial charge on any atom is 0.511 e. The summed E-state index contributed by atoms with van der Waals surface area (Å²) in [5.41, 5.74) is -4.54. The molecule has 1 fully saturated rings. The Hall–Kier alpha value is -1.82. The van der Waals surface area contributed by atoms with Gasteiger partial charge in [-0.25, -0.2) is 8.42 Å². The highest BCUT2D eigenvalue weighted by Gasteiger charge is 2.50. The van der Waals surface area contributed by atoms with Gasteiger partial charge in [-0.05, 0) is 18.8 Å². The van der Waals surface area contributed by atoms with Crippen LogP contribution in [0.5, 0.6) is 0 Å². The summed E-state index contributed by atoms with van der Waals surface area (Å²) >= 11 is 0. The van der Waals surface area contributed by atoms with Crippen molar-refractivity contribution in [2.45, 2.75) is 24.9 Å². The third-order valence-corrected chi connectivity index (χ3v) is 5.55. The summed E-state index contributed by atoms with van der Waals surface area (Å²) in [5, 5.41) is 9.85. The molecule has 1 saturated heterocycles. The molecule has 0 atom stereocenters. The van der Waals surface area contributed by atoms with E-state index in [1.165, 1.54) is 6.26 Å². The number of aromatic nitrogens is 1. The molecular formula is C13H20F3N5O3S. The molecule has 12 heteroatoms. The highest BCUT2D eigenvalue weighted by atomic mass is 32.2. The summed E-state index contributed by atoms with van der Waals surface area (Å²) in [6.45, 7) is 0.620. The number of alkyl halides is 3. The number of rotatable bonds is 5. The molecule has 0 amide bonds. The lowest BCUT2D eigenvalue weighted by molar-refractivity contribution is -0.0496. The van der Waals surface area contributed by atoms with Gasteiger partial charge in [-0.15, -0.1) is 0 Å². The highest BCUT2D eigenvalue weighted by Crippen LogP contribution is 2.30. The molecular weight excluding hydrogens is 363 g/mol. The second kappa shape index (κ2) is 8.04. The Bertz CT molecular complexity index is 668. The van der Waals surface area contributed by atoms with Gasteiger partial charge in [-0.3, -0.25) is 4.99 Å². The fourth-order valence-electron chi connectivity index (χ4n) is 2.46. The van der Waals surface area contributed by atoms with Crippen molar-refractivity contribution in [3.63, 3.8) is 0 Å². The predicted molar refractivity (Wildman–Crippen MR) is 84.0 cm³/mol. The van der Waals surface area contributed by atoms with Crippen molar-refractivity contribution in [2.75, 3.05) is 26.7 Å². The highest BCUT2D eigenvalue weighted by molar-refractivity contribution is 7.90. The summed E-state index contributed by atoms with van der Waals surface area (Å²) in [6.07, 6.45) is 2.15. The first-order valence-corrected chi connectivity index (χ1v) is 9.08. The average molecular weight is 383 g/mol. The van der Waals surface area contributed by atoms with Crippen molar-refractivity contribution in [2.24, 2.45) is 10.9 Å². The molecule has 0 radical (unpaired) electrons. The standard InChI is InChI=1S/C13H20F3N5O3S/c1-17-12(19-9-11-4-7-24-20-11)18-8-10-2-5-21(6-3-10)25(22,23)13(14,15)16/h4,7,10H,2-3,5-6,8-9H2,1H3,(H2,17,18,19). The molecule has 8 nitrogen and oxygen atoms in total. The molecule has 0 aliphatic carbocycles. The van der Waals surface area contributed by atoms with E-state index in [9.17, 15) is 21.6 Å². The molecule has 25 heavy (non-hydrogen) atoms. The zero-order chi connectivity index (χ0) is 18.5. The van der Waals surface area contributed by atoms with Gasteiger partial charge >= 0.3 is 15.5 Å². The minimum absolute atomic E-state index is 0.0604. The van der Waals surface area contributed by atoms with Crippen molar-refractivity contribution in [3.8, 4) is 0 Å². The van der Waals surface area contributed by atoms with Crippen molar-refractivity contribution in [1.29, 1.82) is 0 Å². The summed E-state index contributed by atoms with van der Waals surface area (Å²) in [4.78, 5) is 4.04. The van der Waals surface area contributed by atoms with Gasteiger partial charge in [-0.2, -0.15) is 17.5 Å². The Balaban J connectivity index is 1.76. The number of halogens is 3. The molecule has 1 aliphatic heterocycles. The number of sulfonamides is 1. The van der Waals surface area contributed by atoms with Crippen LogP contribution in [-0.4, -0.2) is 56.0 Å². The Kier molecular flexibility index (Phi) is 6.27. The smallest absolute Gasteiger partial charge is 0.364 e. The fraction of sp³-hybridized carbons (Fsp3) is 0.692. The molecule has 2 rings (SSSR count). The Labute approximate surface area is 143 Å². The van der Waals surface area contributed by atoms with Crippen molar-refractivity contribution >= 4 is 16.0 Å². The van der Waals surface area contributed by atoms with E-state index in [4.69, 9.17) is 4.52 Å². The summed E-state index contributed by atoms with van der Waals surface area (Å²) in [7, 11) is -3.64. The van der Waals surface area contributed by atoms with E-state index in [1.54, 1.807) is 13.1 Å². The Morgan fingerprint density at radius 2 is 2.08 bits per heavy atom. The Morgan fingerprint density at radius 1 is 1.40 bits per heavy atom. The van der Waals surface area contributed by atoms with Gasteiger partial charge in [0.15, 0.2) is 5.96 Å². The van der Waals surface area contributed by atoms with Crippen LogP contribution >= 0.6 is 0 Å². The topological polar surface area (TPSA) is 99.8 Å². The van der Waals surface area contributed by atoms with Gasteiger partial charge < -0.3 is 15.2 Å². The zero-order valence-electron chi connectivity index (χ0n) is 13.6. The minimum atomic E-state index is -5.24. The van der Waals surface area contributed by atoms with E-state index in [1.807, 2.05) is 0 Å². The quantitative estimate of drug-likeness (QED) is 0.579. The fourth-order valence-corrected chi connectivity index (χ4v) is 3.45.